The average Bonchev–Trinajstić information content (AvgIpc) is 2.09. The van der Waals surface area contributed by atoms with Gasteiger partial charge in [-0.25, -0.2) is 4.79 Å². The molecule has 0 aromatic heterocycles. The van der Waals surface area contributed by atoms with Crippen LogP contribution in [0.2, 0.25) is 0 Å². The molecule has 1 fully saturated rings. The number of carboxylic acid groups (broad SMARTS) is 1. The zero-order valence-electron chi connectivity index (χ0n) is 6.91. The minimum atomic E-state index is -1.00. The molecule has 2 atom stereocenters. The van der Waals surface area contributed by atoms with E-state index in [0.29, 0.717) is 0 Å². The number of β-lactam (4-membered cyclic amide) rings is 1. The second-order valence-electron chi connectivity index (χ2n) is 2.82. The summed E-state index contributed by atoms with van der Waals surface area (Å²) in [4.78, 5) is 23.8. The molecule has 70 valence electrons. The van der Waals surface area contributed by atoms with Crippen molar-refractivity contribution in [2.24, 2.45) is 11.1 Å². The predicted octanol–water partition coefficient (Wildman–Crippen LogP) is 0.533. The highest BCUT2D eigenvalue weighted by Crippen LogP contribution is 2.26. The van der Waals surface area contributed by atoms with Crippen LogP contribution >= 0.6 is 0 Å². The van der Waals surface area contributed by atoms with E-state index in [4.69, 9.17) is 10.6 Å². The summed E-state index contributed by atoms with van der Waals surface area (Å²) < 4.78 is 0. The van der Waals surface area contributed by atoms with Crippen LogP contribution in [0, 0.1) is 5.92 Å². The Bertz CT molecular complexity index is 294. The van der Waals surface area contributed by atoms with Crippen LogP contribution < -0.4 is 0 Å². The number of hydrogen-bond acceptors (Lipinski definition) is 3. The molecular formula is C6H8N4O3. The molecule has 1 unspecified atom stereocenters. The van der Waals surface area contributed by atoms with Crippen LogP contribution in [0.25, 0.3) is 10.4 Å². The van der Waals surface area contributed by atoms with Crippen molar-refractivity contribution < 1.29 is 14.7 Å². The SMILES string of the molecule is C[C@H](C(=O)O)C1CC(=O)N1N=[N+]=[N-]. The quantitative estimate of drug-likeness (QED) is 0.299. The Morgan fingerprint density at radius 1 is 1.92 bits per heavy atom. The lowest BCUT2D eigenvalue weighted by atomic mass is 9.92. The third-order valence-electron chi connectivity index (χ3n) is 2.06. The van der Waals surface area contributed by atoms with Gasteiger partial charge in [-0.1, -0.05) is 0 Å². The maximum Gasteiger partial charge on any atom is 0.317 e. The fourth-order valence-corrected chi connectivity index (χ4v) is 1.14. The first-order valence-electron chi connectivity index (χ1n) is 3.67. The average molecular weight is 184 g/mol. The summed E-state index contributed by atoms with van der Waals surface area (Å²) >= 11 is 0. The number of carbonyl (C=O) groups excluding carboxylic acids is 1. The normalized spacial score (nSPS) is 23.0. The van der Waals surface area contributed by atoms with Gasteiger partial charge in [0.2, 0.25) is 0 Å². The highest BCUT2D eigenvalue weighted by Gasteiger charge is 2.47. The lowest BCUT2D eigenvalue weighted by molar-refractivity contribution is -0.156. The molecule has 1 N–H and O–H groups in total. The molecule has 0 aliphatic carbocycles. The Labute approximate surface area is 73.5 Å². The number of amides is 1. The predicted molar refractivity (Wildman–Crippen MR) is 41.2 cm³/mol. The van der Waals surface area contributed by atoms with Crippen molar-refractivity contribution in [3.63, 3.8) is 0 Å². The van der Waals surface area contributed by atoms with Crippen molar-refractivity contribution in [3.8, 4) is 0 Å². The molecule has 0 radical (unpaired) electrons. The molecule has 0 bridgehead atoms. The van der Waals surface area contributed by atoms with E-state index in [1.165, 1.54) is 6.92 Å². The second-order valence-corrected chi connectivity index (χ2v) is 2.82. The largest absolute Gasteiger partial charge is 0.481 e. The van der Waals surface area contributed by atoms with Crippen LogP contribution in [0.5, 0.6) is 0 Å². The summed E-state index contributed by atoms with van der Waals surface area (Å²) in [6, 6.07) is -0.499. The first-order valence-corrected chi connectivity index (χ1v) is 3.67. The molecule has 13 heavy (non-hydrogen) atoms. The smallest absolute Gasteiger partial charge is 0.317 e. The minimum absolute atomic E-state index is 0.131. The van der Waals surface area contributed by atoms with E-state index in [2.05, 4.69) is 10.1 Å². The van der Waals surface area contributed by atoms with Crippen LogP contribution in [0.15, 0.2) is 5.22 Å². The van der Waals surface area contributed by atoms with Gasteiger partial charge in [-0.05, 0) is 12.1 Å². The van der Waals surface area contributed by atoms with Crippen LogP contribution in [0.4, 0.5) is 0 Å². The summed E-state index contributed by atoms with van der Waals surface area (Å²) in [6.07, 6.45) is 0.131. The third kappa shape index (κ3) is 1.54. The molecule has 1 aliphatic rings. The highest BCUT2D eigenvalue weighted by atomic mass is 16.4. The van der Waals surface area contributed by atoms with Crippen LogP contribution in [-0.2, 0) is 9.59 Å². The molecular weight excluding hydrogens is 176 g/mol. The Hall–Kier alpha value is -1.75. The molecule has 1 saturated heterocycles. The molecule has 0 saturated carbocycles. The van der Waals surface area contributed by atoms with Gasteiger partial charge < -0.3 is 5.11 Å². The van der Waals surface area contributed by atoms with Gasteiger partial charge in [-0.15, -0.1) is 5.53 Å². The number of carbonyl (C=O) groups is 2. The number of aliphatic carboxylic acids is 1. The van der Waals surface area contributed by atoms with Gasteiger partial charge in [-0.2, -0.15) is 9.92 Å². The van der Waals surface area contributed by atoms with E-state index in [1.807, 2.05) is 0 Å². The van der Waals surface area contributed by atoms with Gasteiger partial charge in [-0.3, -0.25) is 4.79 Å². The Kier molecular flexibility index (Phi) is 2.39. The summed E-state index contributed by atoms with van der Waals surface area (Å²) in [5, 5.41) is 12.6. The Balaban J connectivity index is 2.69. The second kappa shape index (κ2) is 3.32. The molecule has 1 aliphatic heterocycles. The number of carboxylic acids is 1. The highest BCUT2D eigenvalue weighted by molar-refractivity contribution is 5.85. The van der Waals surface area contributed by atoms with Crippen molar-refractivity contribution in [1.82, 2.24) is 5.01 Å². The fraction of sp³-hybridized carbons (Fsp3) is 0.667. The molecule has 0 spiro atoms. The Morgan fingerprint density at radius 3 is 2.92 bits per heavy atom. The van der Waals surface area contributed by atoms with Crippen LogP contribution in [0.1, 0.15) is 13.3 Å². The number of hydrogen-bond donors (Lipinski definition) is 1. The van der Waals surface area contributed by atoms with E-state index in [9.17, 15) is 9.59 Å². The molecule has 7 heteroatoms. The van der Waals surface area contributed by atoms with Gasteiger partial charge in [0.25, 0.3) is 0 Å². The lowest BCUT2D eigenvalue weighted by Gasteiger charge is -2.32. The molecule has 1 heterocycles. The zero-order valence-corrected chi connectivity index (χ0v) is 6.91. The number of rotatable bonds is 3. The van der Waals surface area contributed by atoms with Gasteiger partial charge >= 0.3 is 11.9 Å². The third-order valence-corrected chi connectivity index (χ3v) is 2.06. The van der Waals surface area contributed by atoms with E-state index >= 15 is 0 Å². The van der Waals surface area contributed by atoms with E-state index in [0.717, 1.165) is 5.01 Å². The molecule has 0 aromatic rings. The van der Waals surface area contributed by atoms with Gasteiger partial charge in [0.15, 0.2) is 0 Å². The number of azide groups is 1. The maximum absolute atomic E-state index is 10.8. The maximum atomic E-state index is 10.8. The van der Waals surface area contributed by atoms with Crippen molar-refractivity contribution in [3.05, 3.63) is 10.4 Å². The first kappa shape index (κ1) is 9.34. The summed E-state index contributed by atoms with van der Waals surface area (Å²) in [6.45, 7) is 1.47. The van der Waals surface area contributed by atoms with E-state index in [-0.39, 0.29) is 12.3 Å². The van der Waals surface area contributed by atoms with Gasteiger partial charge in [0, 0.05) is 0 Å². The van der Waals surface area contributed by atoms with Crippen LogP contribution in [-0.4, -0.2) is 28.0 Å². The lowest BCUT2D eigenvalue weighted by Crippen LogP contribution is -2.53. The molecule has 1 rings (SSSR count). The summed E-state index contributed by atoms with van der Waals surface area (Å²) in [5.74, 6) is -2.05. The van der Waals surface area contributed by atoms with Gasteiger partial charge in [0.1, 0.15) is 6.04 Å². The van der Waals surface area contributed by atoms with Crippen molar-refractivity contribution in [1.29, 1.82) is 0 Å². The minimum Gasteiger partial charge on any atom is -0.481 e. The fourth-order valence-electron chi connectivity index (χ4n) is 1.14. The number of nitrogens with zero attached hydrogens (tertiary/aromatic N) is 4. The monoisotopic (exact) mass is 184 g/mol. The molecule has 1 amide bonds. The topological polar surface area (TPSA) is 106 Å². The molecule has 0 aromatic carbocycles. The van der Waals surface area contributed by atoms with Crippen molar-refractivity contribution in [2.45, 2.75) is 19.4 Å². The van der Waals surface area contributed by atoms with E-state index < -0.39 is 17.9 Å². The van der Waals surface area contributed by atoms with E-state index in [1.54, 1.807) is 0 Å². The van der Waals surface area contributed by atoms with Crippen molar-refractivity contribution >= 4 is 11.9 Å². The van der Waals surface area contributed by atoms with Crippen LogP contribution in [0.3, 0.4) is 0 Å². The summed E-state index contributed by atoms with van der Waals surface area (Å²) in [5.41, 5.74) is 8.07. The molecule has 7 nitrogen and oxygen atoms in total. The zero-order chi connectivity index (χ0) is 10.0. The van der Waals surface area contributed by atoms with Crippen molar-refractivity contribution in [2.75, 3.05) is 0 Å². The van der Waals surface area contributed by atoms with Gasteiger partial charge in [0.05, 0.1) is 12.3 Å². The standard InChI is InChI=1S/C6H8N4O3/c1-3(6(12)13)4-2-5(11)10(4)9-8-7/h3-4H,2H2,1H3,(H,12,13)/t3-,4?/m0/s1. The summed E-state index contributed by atoms with van der Waals surface area (Å²) in [7, 11) is 0. The first-order chi connectivity index (χ1) is 6.07. The Morgan fingerprint density at radius 2 is 2.54 bits per heavy atom.